The maximum Gasteiger partial charge on any atom is 0.321 e. The molecule has 0 saturated carbocycles. The van der Waals surface area contributed by atoms with Gasteiger partial charge in [0.15, 0.2) is 11.0 Å². The molecule has 0 aliphatic rings. The molecule has 0 atom stereocenters. The van der Waals surface area contributed by atoms with Crippen molar-refractivity contribution in [1.29, 1.82) is 0 Å². The van der Waals surface area contributed by atoms with Gasteiger partial charge in [-0.1, -0.05) is 70.6 Å². The summed E-state index contributed by atoms with van der Waals surface area (Å²) in [6, 6.07) is 7.80. The summed E-state index contributed by atoms with van der Waals surface area (Å²) in [7, 11) is 1.87. The van der Waals surface area contributed by atoms with Gasteiger partial charge < -0.3 is 9.88 Å². The quantitative estimate of drug-likeness (QED) is 0.670. The van der Waals surface area contributed by atoms with Crippen molar-refractivity contribution in [2.24, 2.45) is 13.0 Å². The molecule has 2 aromatic rings. The minimum absolute atomic E-state index is 0.0898. The molecule has 3 amide bonds. The summed E-state index contributed by atoms with van der Waals surface area (Å²) in [6.07, 6.45) is 0.870. The molecular formula is C21H31N5O2S. The summed E-state index contributed by atoms with van der Waals surface area (Å²) in [5.74, 6) is 0.958. The molecule has 0 aliphatic carbocycles. The van der Waals surface area contributed by atoms with Crippen LogP contribution in [0.3, 0.4) is 0 Å². The average molecular weight is 418 g/mol. The van der Waals surface area contributed by atoms with Crippen LogP contribution in [0.25, 0.3) is 11.4 Å². The molecule has 2 N–H and O–H groups in total. The fraction of sp³-hybridized carbons (Fsp3) is 0.524. The van der Waals surface area contributed by atoms with E-state index in [1.165, 1.54) is 17.3 Å². The van der Waals surface area contributed by atoms with Gasteiger partial charge in [-0.05, 0) is 23.3 Å². The van der Waals surface area contributed by atoms with Crippen LogP contribution in [-0.2, 0) is 17.3 Å². The fourth-order valence-electron chi connectivity index (χ4n) is 2.62. The van der Waals surface area contributed by atoms with Gasteiger partial charge in [0.1, 0.15) is 0 Å². The minimum atomic E-state index is -0.464. The smallest absolute Gasteiger partial charge is 0.321 e. The number of amides is 3. The number of imide groups is 1. The summed E-state index contributed by atoms with van der Waals surface area (Å²) in [5.41, 5.74) is 2.31. The van der Waals surface area contributed by atoms with Gasteiger partial charge in [-0.2, -0.15) is 0 Å². The Kier molecular flexibility index (Phi) is 7.84. The topological polar surface area (TPSA) is 88.9 Å². The Balaban J connectivity index is 1.91. The Labute approximate surface area is 177 Å². The highest BCUT2D eigenvalue weighted by molar-refractivity contribution is 7.99. The third-order valence-electron chi connectivity index (χ3n) is 4.44. The minimum Gasteiger partial charge on any atom is -0.338 e. The molecule has 158 valence electrons. The van der Waals surface area contributed by atoms with Crippen molar-refractivity contribution in [2.45, 2.75) is 51.6 Å². The molecule has 0 saturated heterocycles. The van der Waals surface area contributed by atoms with E-state index in [9.17, 15) is 9.59 Å². The van der Waals surface area contributed by atoms with E-state index in [4.69, 9.17) is 0 Å². The highest BCUT2D eigenvalue weighted by Crippen LogP contribution is 2.26. The lowest BCUT2D eigenvalue weighted by atomic mass is 9.87. The molecule has 0 bridgehead atoms. The lowest BCUT2D eigenvalue weighted by Crippen LogP contribution is -2.40. The Morgan fingerprint density at radius 3 is 2.38 bits per heavy atom. The van der Waals surface area contributed by atoms with Crippen molar-refractivity contribution in [3.05, 3.63) is 29.8 Å². The van der Waals surface area contributed by atoms with E-state index in [0.29, 0.717) is 17.6 Å². The molecule has 1 heterocycles. The van der Waals surface area contributed by atoms with E-state index >= 15 is 0 Å². The zero-order valence-electron chi connectivity index (χ0n) is 18.1. The molecular weight excluding hydrogens is 386 g/mol. The molecule has 2 rings (SSSR count). The van der Waals surface area contributed by atoms with Gasteiger partial charge in [0.05, 0.1) is 5.75 Å². The monoisotopic (exact) mass is 417 g/mol. The summed E-state index contributed by atoms with van der Waals surface area (Å²) in [6.45, 7) is 11.2. The first-order valence-corrected chi connectivity index (χ1v) is 10.8. The van der Waals surface area contributed by atoms with Gasteiger partial charge in [0, 0.05) is 19.2 Å². The lowest BCUT2D eigenvalue weighted by molar-refractivity contribution is -0.117. The predicted molar refractivity (Wildman–Crippen MR) is 117 cm³/mol. The summed E-state index contributed by atoms with van der Waals surface area (Å²) < 4.78 is 1.85. The first kappa shape index (κ1) is 22.9. The molecule has 1 aromatic carbocycles. The molecule has 8 heteroatoms. The Hall–Kier alpha value is -2.35. The van der Waals surface area contributed by atoms with Gasteiger partial charge >= 0.3 is 6.03 Å². The number of carbonyl (C=O) groups excluding carboxylic acids is 2. The molecule has 0 spiro atoms. The molecule has 0 fully saturated rings. The largest absolute Gasteiger partial charge is 0.338 e. The van der Waals surface area contributed by atoms with Crippen molar-refractivity contribution in [2.75, 3.05) is 12.3 Å². The van der Waals surface area contributed by atoms with Gasteiger partial charge in [0.25, 0.3) is 0 Å². The van der Waals surface area contributed by atoms with Crippen molar-refractivity contribution >= 4 is 23.7 Å². The second-order valence-corrected chi connectivity index (χ2v) is 9.41. The van der Waals surface area contributed by atoms with Crippen LogP contribution < -0.4 is 10.6 Å². The zero-order chi connectivity index (χ0) is 21.6. The normalized spacial score (nSPS) is 11.6. The van der Waals surface area contributed by atoms with Crippen molar-refractivity contribution in [3.8, 4) is 11.4 Å². The summed E-state index contributed by atoms with van der Waals surface area (Å²) in [5, 5.41) is 14.1. The van der Waals surface area contributed by atoms with Gasteiger partial charge in [-0.25, -0.2) is 4.79 Å². The van der Waals surface area contributed by atoms with Crippen LogP contribution in [-0.4, -0.2) is 39.0 Å². The number of rotatable bonds is 7. The first-order chi connectivity index (χ1) is 13.6. The van der Waals surface area contributed by atoms with Gasteiger partial charge in [-0.15, -0.1) is 10.2 Å². The van der Waals surface area contributed by atoms with Crippen molar-refractivity contribution < 1.29 is 9.59 Å². The third kappa shape index (κ3) is 6.88. The number of nitrogens with zero attached hydrogens (tertiary/aromatic N) is 3. The van der Waals surface area contributed by atoms with Crippen LogP contribution >= 0.6 is 11.8 Å². The van der Waals surface area contributed by atoms with E-state index in [0.717, 1.165) is 17.8 Å². The molecule has 0 aliphatic heterocycles. The third-order valence-corrected chi connectivity index (χ3v) is 5.46. The van der Waals surface area contributed by atoms with Gasteiger partial charge in [0.2, 0.25) is 5.91 Å². The van der Waals surface area contributed by atoms with Crippen LogP contribution in [0.1, 0.15) is 46.6 Å². The molecule has 1 aromatic heterocycles. The standard InChI is InChI=1S/C21H31N5O2S/c1-14(2)11-12-22-19(28)23-17(27)13-29-20-25-24-18(26(20)6)15-7-9-16(10-8-15)21(3,4)5/h7-10,14H,11-13H2,1-6H3,(H2,22,23,27,28). The maximum atomic E-state index is 12.0. The first-order valence-electron chi connectivity index (χ1n) is 9.78. The van der Waals surface area contributed by atoms with Crippen molar-refractivity contribution in [3.63, 3.8) is 0 Å². The number of benzene rings is 1. The summed E-state index contributed by atoms with van der Waals surface area (Å²) in [4.78, 5) is 23.7. The second kappa shape index (κ2) is 9.91. The van der Waals surface area contributed by atoms with E-state index in [-0.39, 0.29) is 17.1 Å². The molecule has 29 heavy (non-hydrogen) atoms. The number of nitrogens with one attached hydrogen (secondary N) is 2. The van der Waals surface area contributed by atoms with Crippen LogP contribution in [0.4, 0.5) is 4.79 Å². The summed E-state index contributed by atoms with van der Waals surface area (Å²) >= 11 is 1.25. The van der Waals surface area contributed by atoms with E-state index < -0.39 is 6.03 Å². The lowest BCUT2D eigenvalue weighted by Gasteiger charge is -2.19. The Morgan fingerprint density at radius 2 is 1.79 bits per heavy atom. The van der Waals surface area contributed by atoms with E-state index in [2.05, 4.69) is 67.6 Å². The van der Waals surface area contributed by atoms with E-state index in [1.807, 2.05) is 23.7 Å². The maximum absolute atomic E-state index is 12.0. The molecule has 0 unspecified atom stereocenters. The van der Waals surface area contributed by atoms with Crippen LogP contribution in [0.2, 0.25) is 0 Å². The zero-order valence-corrected chi connectivity index (χ0v) is 18.9. The number of thioether (sulfide) groups is 1. The number of carbonyl (C=O) groups is 2. The number of hydrogen-bond acceptors (Lipinski definition) is 5. The number of aromatic nitrogens is 3. The second-order valence-electron chi connectivity index (χ2n) is 8.47. The van der Waals surface area contributed by atoms with Crippen LogP contribution in [0, 0.1) is 5.92 Å². The SMILES string of the molecule is CC(C)CCNC(=O)NC(=O)CSc1nnc(-c2ccc(C(C)(C)C)cc2)n1C. The Bertz CT molecular complexity index is 838. The van der Waals surface area contributed by atoms with E-state index in [1.54, 1.807) is 0 Å². The van der Waals surface area contributed by atoms with Crippen molar-refractivity contribution in [1.82, 2.24) is 25.4 Å². The molecule has 0 radical (unpaired) electrons. The van der Waals surface area contributed by atoms with Crippen LogP contribution in [0.15, 0.2) is 29.4 Å². The fourth-order valence-corrected chi connectivity index (χ4v) is 3.33. The number of urea groups is 1. The van der Waals surface area contributed by atoms with Gasteiger partial charge in [-0.3, -0.25) is 10.1 Å². The highest BCUT2D eigenvalue weighted by atomic mass is 32.2. The highest BCUT2D eigenvalue weighted by Gasteiger charge is 2.16. The molecule has 7 nitrogen and oxygen atoms in total. The number of hydrogen-bond donors (Lipinski definition) is 2. The average Bonchev–Trinajstić information content (AvgIpc) is 2.99. The van der Waals surface area contributed by atoms with Crippen LogP contribution in [0.5, 0.6) is 0 Å². The predicted octanol–water partition coefficient (Wildman–Crippen LogP) is 3.74. The Morgan fingerprint density at radius 1 is 1.14 bits per heavy atom.